The van der Waals surface area contributed by atoms with Gasteiger partial charge in [-0.1, -0.05) is 33.6 Å². The quantitative estimate of drug-likeness (QED) is 0.863. The molecule has 0 heterocycles. The van der Waals surface area contributed by atoms with Crippen LogP contribution in [0.3, 0.4) is 0 Å². The first-order valence-corrected chi connectivity index (χ1v) is 5.47. The van der Waals surface area contributed by atoms with Gasteiger partial charge in [-0.25, -0.2) is 4.79 Å². The number of amides is 1. The number of anilines is 1. The van der Waals surface area contributed by atoms with Crippen LogP contribution in [-0.2, 0) is 0 Å². The zero-order valence-electron chi connectivity index (χ0n) is 7.28. The van der Waals surface area contributed by atoms with E-state index in [2.05, 4.69) is 15.9 Å². The van der Waals surface area contributed by atoms with E-state index in [4.69, 9.17) is 16.7 Å². The third kappa shape index (κ3) is 2.89. The Morgan fingerprint density at radius 1 is 1.57 bits per heavy atom. The fourth-order valence-electron chi connectivity index (χ4n) is 1.06. The molecule has 76 valence electrons. The van der Waals surface area contributed by atoms with Crippen molar-refractivity contribution in [3.8, 4) is 0 Å². The molecule has 0 radical (unpaired) electrons. The minimum atomic E-state index is -0.980. The first-order chi connectivity index (χ1) is 6.65. The average molecular weight is 279 g/mol. The summed E-state index contributed by atoms with van der Waals surface area (Å²) < 4.78 is 0. The Morgan fingerprint density at radius 3 is 2.79 bits per heavy atom. The lowest BCUT2D eigenvalue weighted by molar-refractivity contribution is 0.202. The van der Waals surface area contributed by atoms with Crippen LogP contribution in [0.2, 0.25) is 5.02 Å². The highest BCUT2D eigenvalue weighted by Crippen LogP contribution is 2.19. The molecule has 0 aliphatic carbocycles. The summed E-state index contributed by atoms with van der Waals surface area (Å²) >= 11 is 8.96. The van der Waals surface area contributed by atoms with Gasteiger partial charge in [0.2, 0.25) is 0 Å². The molecule has 3 nitrogen and oxygen atoms in total. The number of hydrogen-bond acceptors (Lipinski definition) is 1. The van der Waals surface area contributed by atoms with E-state index >= 15 is 0 Å². The maximum absolute atomic E-state index is 10.9. The normalized spacial score (nSPS) is 9.86. The molecule has 0 bridgehead atoms. The molecule has 0 aliphatic rings. The molecular weight excluding hydrogens is 269 g/mol. The first kappa shape index (κ1) is 11.3. The molecule has 1 aromatic carbocycles. The van der Waals surface area contributed by atoms with E-state index in [0.29, 0.717) is 22.6 Å². The van der Waals surface area contributed by atoms with Crippen LogP contribution in [0.15, 0.2) is 24.3 Å². The molecular formula is C9H9BrClNO2. The van der Waals surface area contributed by atoms with Crippen LogP contribution in [0.4, 0.5) is 10.5 Å². The van der Waals surface area contributed by atoms with E-state index in [1.807, 2.05) is 0 Å². The van der Waals surface area contributed by atoms with E-state index in [-0.39, 0.29) is 0 Å². The fourth-order valence-corrected chi connectivity index (χ4v) is 1.60. The van der Waals surface area contributed by atoms with Gasteiger partial charge < -0.3 is 5.11 Å². The topological polar surface area (TPSA) is 40.5 Å². The van der Waals surface area contributed by atoms with Crippen LogP contribution in [0.25, 0.3) is 0 Å². The van der Waals surface area contributed by atoms with Crippen molar-refractivity contribution in [1.29, 1.82) is 0 Å². The van der Waals surface area contributed by atoms with Crippen molar-refractivity contribution in [2.75, 3.05) is 16.8 Å². The largest absolute Gasteiger partial charge is 0.465 e. The minimum Gasteiger partial charge on any atom is -0.465 e. The maximum atomic E-state index is 10.9. The Labute approximate surface area is 95.4 Å². The molecule has 1 aromatic rings. The van der Waals surface area contributed by atoms with Crippen molar-refractivity contribution in [2.24, 2.45) is 0 Å². The molecule has 0 atom stereocenters. The van der Waals surface area contributed by atoms with Gasteiger partial charge in [-0.3, -0.25) is 4.90 Å². The Bertz CT molecular complexity index is 332. The number of carboxylic acid groups (broad SMARTS) is 1. The lowest BCUT2D eigenvalue weighted by Crippen LogP contribution is -2.30. The fraction of sp³-hybridized carbons (Fsp3) is 0.222. The predicted octanol–water partition coefficient (Wildman–Crippen LogP) is 3.22. The zero-order valence-corrected chi connectivity index (χ0v) is 9.62. The molecule has 0 aliphatic heterocycles. The van der Waals surface area contributed by atoms with Gasteiger partial charge in [0.05, 0.1) is 0 Å². The zero-order chi connectivity index (χ0) is 10.6. The molecule has 1 amide bonds. The van der Waals surface area contributed by atoms with Gasteiger partial charge in [0, 0.05) is 22.6 Å². The summed E-state index contributed by atoms with van der Waals surface area (Å²) in [4.78, 5) is 12.1. The molecule has 0 saturated carbocycles. The number of carbonyl (C=O) groups is 1. The summed E-state index contributed by atoms with van der Waals surface area (Å²) in [6, 6.07) is 6.77. The predicted molar refractivity (Wildman–Crippen MR) is 60.6 cm³/mol. The molecule has 0 fully saturated rings. The van der Waals surface area contributed by atoms with Crippen LogP contribution in [0.1, 0.15) is 0 Å². The van der Waals surface area contributed by atoms with E-state index < -0.39 is 6.09 Å². The molecule has 0 spiro atoms. The lowest BCUT2D eigenvalue weighted by atomic mass is 10.3. The van der Waals surface area contributed by atoms with Gasteiger partial charge in [0.15, 0.2) is 0 Å². The Hall–Kier alpha value is -0.740. The summed E-state index contributed by atoms with van der Waals surface area (Å²) in [6.07, 6.45) is -0.980. The third-order valence-corrected chi connectivity index (χ3v) is 2.25. The third-order valence-electron chi connectivity index (χ3n) is 1.66. The molecule has 0 saturated heterocycles. The van der Waals surface area contributed by atoms with E-state index in [1.165, 1.54) is 4.90 Å². The van der Waals surface area contributed by atoms with E-state index in [1.54, 1.807) is 24.3 Å². The summed E-state index contributed by atoms with van der Waals surface area (Å²) in [5.41, 5.74) is 0.587. The van der Waals surface area contributed by atoms with Crippen molar-refractivity contribution in [3.63, 3.8) is 0 Å². The molecule has 0 unspecified atom stereocenters. The number of benzene rings is 1. The molecule has 0 aromatic heterocycles. The van der Waals surface area contributed by atoms with Gasteiger partial charge in [-0.05, 0) is 18.2 Å². The van der Waals surface area contributed by atoms with Crippen LogP contribution in [0.5, 0.6) is 0 Å². The van der Waals surface area contributed by atoms with Gasteiger partial charge in [0.1, 0.15) is 0 Å². The van der Waals surface area contributed by atoms with Gasteiger partial charge in [-0.15, -0.1) is 0 Å². The SMILES string of the molecule is O=C(O)N(CCBr)c1cccc(Cl)c1. The number of hydrogen-bond donors (Lipinski definition) is 1. The van der Waals surface area contributed by atoms with Crippen molar-refractivity contribution in [1.82, 2.24) is 0 Å². The number of halogens is 2. The Morgan fingerprint density at radius 2 is 2.29 bits per heavy atom. The van der Waals surface area contributed by atoms with Crippen molar-refractivity contribution >= 4 is 39.3 Å². The highest BCUT2D eigenvalue weighted by atomic mass is 79.9. The van der Waals surface area contributed by atoms with E-state index in [0.717, 1.165) is 0 Å². The Kier molecular flexibility index (Phi) is 4.22. The number of rotatable bonds is 3. The highest BCUT2D eigenvalue weighted by molar-refractivity contribution is 9.09. The minimum absolute atomic E-state index is 0.398. The maximum Gasteiger partial charge on any atom is 0.411 e. The number of nitrogens with zero attached hydrogens (tertiary/aromatic N) is 1. The summed E-state index contributed by atoms with van der Waals surface area (Å²) in [6.45, 7) is 0.398. The summed E-state index contributed by atoms with van der Waals surface area (Å²) in [5.74, 6) is 0. The second-order valence-corrected chi connectivity index (χ2v) is 3.83. The lowest BCUT2D eigenvalue weighted by Gasteiger charge is -2.17. The van der Waals surface area contributed by atoms with E-state index in [9.17, 15) is 4.79 Å². The molecule has 14 heavy (non-hydrogen) atoms. The second kappa shape index (κ2) is 5.22. The van der Waals surface area contributed by atoms with Crippen LogP contribution < -0.4 is 4.90 Å². The first-order valence-electron chi connectivity index (χ1n) is 3.97. The Balaban J connectivity index is 2.93. The highest BCUT2D eigenvalue weighted by Gasteiger charge is 2.12. The van der Waals surface area contributed by atoms with Crippen LogP contribution in [0, 0.1) is 0 Å². The second-order valence-electron chi connectivity index (χ2n) is 2.60. The molecule has 5 heteroatoms. The van der Waals surface area contributed by atoms with Crippen molar-refractivity contribution in [3.05, 3.63) is 29.3 Å². The molecule has 1 N–H and O–H groups in total. The average Bonchev–Trinajstić information content (AvgIpc) is 2.13. The van der Waals surface area contributed by atoms with Crippen LogP contribution in [-0.4, -0.2) is 23.1 Å². The van der Waals surface area contributed by atoms with Crippen molar-refractivity contribution in [2.45, 2.75) is 0 Å². The van der Waals surface area contributed by atoms with Crippen LogP contribution >= 0.6 is 27.5 Å². The molecule has 1 rings (SSSR count). The van der Waals surface area contributed by atoms with Gasteiger partial charge in [0.25, 0.3) is 0 Å². The summed E-state index contributed by atoms with van der Waals surface area (Å²) in [5, 5.41) is 10.0. The standard InChI is InChI=1S/C9H9BrClNO2/c10-4-5-12(9(13)14)8-3-1-2-7(11)6-8/h1-3,6H,4-5H2,(H,13,14). The summed E-state index contributed by atoms with van der Waals surface area (Å²) in [7, 11) is 0. The number of alkyl halides is 1. The smallest absolute Gasteiger partial charge is 0.411 e. The monoisotopic (exact) mass is 277 g/mol. The van der Waals surface area contributed by atoms with Gasteiger partial charge in [-0.2, -0.15) is 0 Å². The van der Waals surface area contributed by atoms with Gasteiger partial charge >= 0.3 is 6.09 Å². The van der Waals surface area contributed by atoms with Crippen molar-refractivity contribution < 1.29 is 9.90 Å².